The third-order valence-electron chi connectivity index (χ3n) is 3.37. The minimum absolute atomic E-state index is 0.331. The van der Waals surface area contributed by atoms with Crippen LogP contribution in [0.1, 0.15) is 48.0 Å². The summed E-state index contributed by atoms with van der Waals surface area (Å²) in [4.78, 5) is 38.7. The molecule has 1 rings (SSSR count). The van der Waals surface area contributed by atoms with E-state index in [2.05, 4.69) is 5.32 Å². The summed E-state index contributed by atoms with van der Waals surface area (Å²) in [7, 11) is 1.54. The SMILES string of the molecule is CN(C(=O)[C@@H](CC(=O)OC(C)(C)C)NC(=O)OC(C)(C)C)c1cccc(N)c1. The summed E-state index contributed by atoms with van der Waals surface area (Å²) in [6, 6.07) is 5.57. The first-order valence-electron chi connectivity index (χ1n) is 9.02. The van der Waals surface area contributed by atoms with Crippen molar-refractivity contribution in [2.24, 2.45) is 0 Å². The zero-order valence-corrected chi connectivity index (χ0v) is 17.7. The van der Waals surface area contributed by atoms with E-state index in [-0.39, 0.29) is 6.42 Å². The van der Waals surface area contributed by atoms with Gasteiger partial charge in [-0.2, -0.15) is 0 Å². The number of likely N-dealkylation sites (N-methyl/N-ethyl adjacent to an activating group) is 1. The van der Waals surface area contributed by atoms with Crippen LogP contribution in [0.25, 0.3) is 0 Å². The van der Waals surface area contributed by atoms with Crippen molar-refractivity contribution >= 4 is 29.3 Å². The number of nitrogens with two attached hydrogens (primary N) is 1. The molecule has 0 aromatic heterocycles. The second-order valence-electron chi connectivity index (χ2n) is 8.48. The number of ether oxygens (including phenoxy) is 2. The zero-order valence-electron chi connectivity index (χ0n) is 17.7. The summed E-state index contributed by atoms with van der Waals surface area (Å²) in [5.74, 6) is -1.11. The first-order chi connectivity index (χ1) is 12.7. The summed E-state index contributed by atoms with van der Waals surface area (Å²) in [6.45, 7) is 10.3. The number of amides is 2. The average Bonchev–Trinajstić information content (AvgIpc) is 2.49. The Bertz CT molecular complexity index is 689. The number of hydrogen-bond acceptors (Lipinski definition) is 6. The molecule has 0 spiro atoms. The van der Waals surface area contributed by atoms with Gasteiger partial charge in [0.25, 0.3) is 0 Å². The van der Waals surface area contributed by atoms with Crippen LogP contribution >= 0.6 is 0 Å². The molecule has 0 saturated heterocycles. The van der Waals surface area contributed by atoms with Crippen LogP contribution in [0.15, 0.2) is 24.3 Å². The lowest BCUT2D eigenvalue weighted by Crippen LogP contribution is -2.50. The largest absolute Gasteiger partial charge is 0.460 e. The van der Waals surface area contributed by atoms with Crippen LogP contribution in [-0.2, 0) is 19.1 Å². The maximum atomic E-state index is 13.0. The number of carbonyl (C=O) groups is 3. The molecule has 0 heterocycles. The van der Waals surface area contributed by atoms with E-state index in [4.69, 9.17) is 15.2 Å². The fourth-order valence-electron chi connectivity index (χ4n) is 2.29. The predicted octanol–water partition coefficient (Wildman–Crippen LogP) is 2.86. The maximum absolute atomic E-state index is 13.0. The van der Waals surface area contributed by atoms with Crippen LogP contribution < -0.4 is 16.0 Å². The van der Waals surface area contributed by atoms with E-state index in [1.807, 2.05) is 0 Å². The van der Waals surface area contributed by atoms with Crippen molar-refractivity contribution in [2.75, 3.05) is 17.7 Å². The van der Waals surface area contributed by atoms with Gasteiger partial charge in [0.15, 0.2) is 0 Å². The Morgan fingerprint density at radius 1 is 1.07 bits per heavy atom. The minimum atomic E-state index is -1.16. The molecule has 28 heavy (non-hydrogen) atoms. The molecule has 3 N–H and O–H groups in total. The molecular formula is C20H31N3O5. The van der Waals surface area contributed by atoms with E-state index in [9.17, 15) is 14.4 Å². The van der Waals surface area contributed by atoms with Crippen LogP contribution in [0.5, 0.6) is 0 Å². The number of hydrogen-bond donors (Lipinski definition) is 2. The summed E-state index contributed by atoms with van der Waals surface area (Å²) < 4.78 is 10.5. The molecule has 0 saturated carbocycles. The fourth-order valence-corrected chi connectivity index (χ4v) is 2.29. The Hall–Kier alpha value is -2.77. The second-order valence-corrected chi connectivity index (χ2v) is 8.48. The van der Waals surface area contributed by atoms with Crippen molar-refractivity contribution < 1.29 is 23.9 Å². The van der Waals surface area contributed by atoms with Crippen molar-refractivity contribution in [3.8, 4) is 0 Å². The lowest BCUT2D eigenvalue weighted by Gasteiger charge is -2.27. The number of nitrogen functional groups attached to an aromatic ring is 1. The molecule has 0 unspecified atom stereocenters. The van der Waals surface area contributed by atoms with E-state index in [1.165, 1.54) is 11.9 Å². The molecule has 0 aliphatic rings. The minimum Gasteiger partial charge on any atom is -0.460 e. The second kappa shape index (κ2) is 8.95. The molecule has 0 bridgehead atoms. The van der Waals surface area contributed by atoms with Crippen LogP contribution in [0.2, 0.25) is 0 Å². The molecule has 0 radical (unpaired) electrons. The van der Waals surface area contributed by atoms with Gasteiger partial charge in [0.05, 0.1) is 6.42 Å². The highest BCUT2D eigenvalue weighted by atomic mass is 16.6. The van der Waals surface area contributed by atoms with Gasteiger partial charge >= 0.3 is 12.1 Å². The van der Waals surface area contributed by atoms with Crippen LogP contribution in [-0.4, -0.2) is 42.3 Å². The molecule has 0 aliphatic heterocycles. The van der Waals surface area contributed by atoms with Gasteiger partial charge in [-0.3, -0.25) is 9.59 Å². The van der Waals surface area contributed by atoms with Crippen molar-refractivity contribution in [2.45, 2.75) is 65.2 Å². The molecule has 8 nitrogen and oxygen atoms in total. The van der Waals surface area contributed by atoms with Gasteiger partial charge in [-0.1, -0.05) is 6.07 Å². The normalized spacial score (nSPS) is 12.7. The topological polar surface area (TPSA) is 111 Å². The van der Waals surface area contributed by atoms with E-state index in [1.54, 1.807) is 65.8 Å². The van der Waals surface area contributed by atoms with Gasteiger partial charge in [-0.15, -0.1) is 0 Å². The van der Waals surface area contributed by atoms with E-state index in [0.717, 1.165) is 0 Å². The van der Waals surface area contributed by atoms with E-state index in [0.29, 0.717) is 11.4 Å². The highest BCUT2D eigenvalue weighted by Crippen LogP contribution is 2.18. The quantitative estimate of drug-likeness (QED) is 0.588. The number of alkyl carbamates (subject to hydrolysis) is 1. The first-order valence-corrected chi connectivity index (χ1v) is 9.02. The number of nitrogens with one attached hydrogen (secondary N) is 1. The Morgan fingerprint density at radius 2 is 1.64 bits per heavy atom. The number of anilines is 2. The van der Waals surface area contributed by atoms with Crippen LogP contribution in [0.3, 0.4) is 0 Å². The van der Waals surface area contributed by atoms with Gasteiger partial charge < -0.3 is 25.4 Å². The third kappa shape index (κ3) is 8.28. The molecule has 156 valence electrons. The third-order valence-corrected chi connectivity index (χ3v) is 3.37. The predicted molar refractivity (Wildman–Crippen MR) is 108 cm³/mol. The lowest BCUT2D eigenvalue weighted by atomic mass is 10.1. The first kappa shape index (κ1) is 23.3. The van der Waals surface area contributed by atoms with Gasteiger partial charge in [0, 0.05) is 18.4 Å². The number of benzene rings is 1. The highest BCUT2D eigenvalue weighted by molar-refractivity contribution is 6.00. The molecule has 1 atom stereocenters. The van der Waals surface area contributed by atoms with Gasteiger partial charge in [0.2, 0.25) is 5.91 Å². The maximum Gasteiger partial charge on any atom is 0.408 e. The van der Waals surface area contributed by atoms with Crippen LogP contribution in [0, 0.1) is 0 Å². The number of carbonyl (C=O) groups excluding carboxylic acids is 3. The molecule has 2 amide bonds. The number of esters is 1. The van der Waals surface area contributed by atoms with Crippen molar-refractivity contribution in [1.82, 2.24) is 5.32 Å². The lowest BCUT2D eigenvalue weighted by molar-refractivity contribution is -0.156. The van der Waals surface area contributed by atoms with Gasteiger partial charge in [-0.05, 0) is 59.7 Å². The Balaban J connectivity index is 3.02. The summed E-state index contributed by atoms with van der Waals surface area (Å²) in [6.07, 6.45) is -1.13. The molecule has 8 heteroatoms. The van der Waals surface area contributed by atoms with Gasteiger partial charge in [0.1, 0.15) is 17.2 Å². The van der Waals surface area contributed by atoms with Crippen molar-refractivity contribution in [3.63, 3.8) is 0 Å². The summed E-state index contributed by atoms with van der Waals surface area (Å²) >= 11 is 0. The molecular weight excluding hydrogens is 362 g/mol. The molecule has 1 aromatic carbocycles. The van der Waals surface area contributed by atoms with Crippen LogP contribution in [0.4, 0.5) is 16.2 Å². The molecule has 0 fully saturated rings. The standard InChI is InChI=1S/C20H31N3O5/c1-19(2,3)27-16(24)12-15(22-18(26)28-20(4,5)6)17(25)23(7)14-10-8-9-13(21)11-14/h8-11,15H,12,21H2,1-7H3,(H,22,26)/t15-/m1/s1. The number of rotatable bonds is 5. The number of nitrogens with zero attached hydrogens (tertiary/aromatic N) is 1. The summed E-state index contributed by atoms with van der Waals surface area (Å²) in [5, 5.41) is 2.47. The molecule has 1 aromatic rings. The summed E-state index contributed by atoms with van der Waals surface area (Å²) in [5.41, 5.74) is 5.33. The van der Waals surface area contributed by atoms with E-state index >= 15 is 0 Å². The highest BCUT2D eigenvalue weighted by Gasteiger charge is 2.31. The van der Waals surface area contributed by atoms with Crippen molar-refractivity contribution in [3.05, 3.63) is 24.3 Å². The fraction of sp³-hybridized carbons (Fsp3) is 0.550. The Labute approximate surface area is 166 Å². The monoisotopic (exact) mass is 393 g/mol. The Kier molecular flexibility index (Phi) is 7.43. The smallest absolute Gasteiger partial charge is 0.408 e. The van der Waals surface area contributed by atoms with Gasteiger partial charge in [-0.25, -0.2) is 4.79 Å². The zero-order chi connectivity index (χ0) is 21.7. The Morgan fingerprint density at radius 3 is 2.14 bits per heavy atom. The van der Waals surface area contributed by atoms with Crippen molar-refractivity contribution in [1.29, 1.82) is 0 Å². The van der Waals surface area contributed by atoms with E-state index < -0.39 is 35.2 Å². The average molecular weight is 393 g/mol. The molecule has 0 aliphatic carbocycles.